The van der Waals surface area contributed by atoms with Gasteiger partial charge in [0, 0.05) is 43.4 Å². The van der Waals surface area contributed by atoms with Gasteiger partial charge >= 0.3 is 0 Å². The Morgan fingerprint density at radius 2 is 2.08 bits per heavy atom. The van der Waals surface area contributed by atoms with Crippen molar-refractivity contribution in [2.75, 3.05) is 51.9 Å². The molecular formula is C27H34N6O5S. The molecule has 1 amide bonds. The van der Waals surface area contributed by atoms with Crippen molar-refractivity contribution in [2.24, 2.45) is 0 Å². The summed E-state index contributed by atoms with van der Waals surface area (Å²) in [5, 5.41) is 3.83. The Morgan fingerprint density at radius 1 is 1.31 bits per heavy atom. The summed E-state index contributed by atoms with van der Waals surface area (Å²) in [5.74, 6) is 0.354. The lowest BCUT2D eigenvalue weighted by Crippen LogP contribution is -2.42. The minimum atomic E-state index is -3.50. The molecule has 1 N–H and O–H groups in total. The Bertz CT molecular complexity index is 1570. The van der Waals surface area contributed by atoms with Gasteiger partial charge in [-0.05, 0) is 57.6 Å². The maximum absolute atomic E-state index is 13.2. The normalized spacial score (nSPS) is 15.9. The van der Waals surface area contributed by atoms with E-state index in [1.807, 2.05) is 25.9 Å². The van der Waals surface area contributed by atoms with E-state index in [0.29, 0.717) is 36.7 Å². The number of carbonyl (C=O) groups is 1. The second-order valence-corrected chi connectivity index (χ2v) is 12.0. The minimum Gasteiger partial charge on any atom is -0.495 e. The third-order valence-electron chi connectivity index (χ3n) is 6.83. The molecule has 208 valence electrons. The lowest BCUT2D eigenvalue weighted by molar-refractivity contribution is -0.127. The number of benzene rings is 1. The molecule has 1 aliphatic rings. The number of ether oxygens (including phenoxy) is 1. The minimum absolute atomic E-state index is 0.0163. The van der Waals surface area contributed by atoms with Crippen molar-refractivity contribution >= 4 is 38.4 Å². The van der Waals surface area contributed by atoms with E-state index in [4.69, 9.17) is 9.72 Å². The van der Waals surface area contributed by atoms with Gasteiger partial charge in [-0.3, -0.25) is 14.2 Å². The van der Waals surface area contributed by atoms with Gasteiger partial charge in [0.15, 0.2) is 9.84 Å². The van der Waals surface area contributed by atoms with E-state index < -0.39 is 9.84 Å². The van der Waals surface area contributed by atoms with Crippen LogP contribution >= 0.6 is 0 Å². The molecule has 0 saturated carbocycles. The molecule has 11 nitrogen and oxygen atoms in total. The number of pyridine rings is 1. The van der Waals surface area contributed by atoms with Crippen molar-refractivity contribution in [3.05, 3.63) is 59.0 Å². The fourth-order valence-electron chi connectivity index (χ4n) is 4.69. The first-order valence-electron chi connectivity index (χ1n) is 12.7. The Hall–Kier alpha value is -3.77. The fraction of sp³-hybridized carbons (Fsp3) is 0.407. The number of nitrogens with zero attached hydrogens (tertiary/aromatic N) is 5. The molecule has 1 saturated heterocycles. The zero-order chi connectivity index (χ0) is 28.3. The van der Waals surface area contributed by atoms with Gasteiger partial charge in [0.2, 0.25) is 11.9 Å². The van der Waals surface area contributed by atoms with E-state index in [9.17, 15) is 18.0 Å². The molecule has 2 aromatic heterocycles. The number of fused-ring (bicyclic) bond motifs is 1. The Labute approximate surface area is 228 Å². The highest BCUT2D eigenvalue weighted by molar-refractivity contribution is 7.91. The summed E-state index contributed by atoms with van der Waals surface area (Å²) in [4.78, 5) is 38.2. The predicted molar refractivity (Wildman–Crippen MR) is 150 cm³/mol. The number of hydrogen-bond donors (Lipinski definition) is 1. The molecule has 12 heteroatoms. The number of hydrogen-bond acceptors (Lipinski definition) is 9. The highest BCUT2D eigenvalue weighted by Gasteiger charge is 2.26. The lowest BCUT2D eigenvalue weighted by atomic mass is 10.0. The summed E-state index contributed by atoms with van der Waals surface area (Å²) in [6, 6.07) is 5.91. The van der Waals surface area contributed by atoms with E-state index in [0.717, 1.165) is 23.8 Å². The van der Waals surface area contributed by atoms with Crippen molar-refractivity contribution < 1.29 is 17.9 Å². The van der Waals surface area contributed by atoms with Crippen LogP contribution in [-0.2, 0) is 14.6 Å². The van der Waals surface area contributed by atoms with Crippen LogP contribution in [0.5, 0.6) is 5.75 Å². The zero-order valence-electron chi connectivity index (χ0n) is 22.7. The van der Waals surface area contributed by atoms with Gasteiger partial charge in [-0.2, -0.15) is 4.98 Å². The largest absolute Gasteiger partial charge is 0.495 e. The molecule has 0 radical (unpaired) electrons. The van der Waals surface area contributed by atoms with Crippen molar-refractivity contribution in [1.82, 2.24) is 24.3 Å². The van der Waals surface area contributed by atoms with E-state index in [1.54, 1.807) is 27.8 Å². The van der Waals surface area contributed by atoms with Gasteiger partial charge in [-0.15, -0.1) is 0 Å². The number of aryl methyl sites for hydroxylation is 1. The van der Waals surface area contributed by atoms with Crippen molar-refractivity contribution in [2.45, 2.75) is 30.7 Å². The number of methoxy groups -OCH3 is 1. The van der Waals surface area contributed by atoms with Crippen LogP contribution in [0.4, 0.5) is 11.6 Å². The van der Waals surface area contributed by atoms with Crippen LogP contribution in [-0.4, -0.2) is 85.3 Å². The highest BCUT2D eigenvalue weighted by Crippen LogP contribution is 2.31. The smallest absolute Gasteiger partial charge is 0.252 e. The Kier molecular flexibility index (Phi) is 8.36. The van der Waals surface area contributed by atoms with E-state index in [1.165, 1.54) is 25.3 Å². The maximum Gasteiger partial charge on any atom is 0.252 e. The quantitative estimate of drug-likeness (QED) is 0.397. The van der Waals surface area contributed by atoms with Gasteiger partial charge in [0.25, 0.3) is 5.56 Å². The topological polar surface area (TPSA) is 127 Å². The van der Waals surface area contributed by atoms with Crippen LogP contribution in [0.25, 0.3) is 11.0 Å². The van der Waals surface area contributed by atoms with Crippen molar-refractivity contribution in [1.29, 1.82) is 0 Å². The summed E-state index contributed by atoms with van der Waals surface area (Å²) in [6.07, 6.45) is 4.42. The van der Waals surface area contributed by atoms with Crippen LogP contribution in [0, 0.1) is 6.92 Å². The molecule has 1 fully saturated rings. The van der Waals surface area contributed by atoms with Crippen LogP contribution in [0.15, 0.2) is 52.8 Å². The van der Waals surface area contributed by atoms with Gasteiger partial charge < -0.3 is 19.9 Å². The third-order valence-corrected chi connectivity index (χ3v) is 8.53. The number of nitrogens with one attached hydrogen (secondary N) is 1. The predicted octanol–water partition coefficient (Wildman–Crippen LogP) is 2.54. The number of piperidine rings is 1. The molecule has 1 aromatic carbocycles. The molecular weight excluding hydrogens is 520 g/mol. The van der Waals surface area contributed by atoms with E-state index in [-0.39, 0.29) is 34.1 Å². The Morgan fingerprint density at radius 3 is 2.77 bits per heavy atom. The van der Waals surface area contributed by atoms with Crippen molar-refractivity contribution in [3.8, 4) is 5.75 Å². The van der Waals surface area contributed by atoms with Crippen LogP contribution in [0.3, 0.4) is 0 Å². The van der Waals surface area contributed by atoms with Crippen LogP contribution < -0.4 is 15.6 Å². The molecule has 3 heterocycles. The molecule has 0 bridgehead atoms. The molecule has 1 aliphatic heterocycles. The van der Waals surface area contributed by atoms with Crippen molar-refractivity contribution in [3.63, 3.8) is 0 Å². The third kappa shape index (κ3) is 6.12. The molecule has 3 aromatic rings. The van der Waals surface area contributed by atoms with Gasteiger partial charge in [-0.25, -0.2) is 13.4 Å². The SMILES string of the molecule is C=CC(=O)N1CCC[C@H](n2c(=O)cc(C)c3cnc(Nc4ccc(S(=O)(=O)CCN(C)C)cc4OC)nc32)C1. The zero-order valence-corrected chi connectivity index (χ0v) is 23.5. The summed E-state index contributed by atoms with van der Waals surface area (Å²) in [5.41, 5.74) is 1.48. The van der Waals surface area contributed by atoms with Crippen LogP contribution in [0.1, 0.15) is 24.4 Å². The standard InChI is InChI=1S/C27H34N6O5S/c1-6-24(34)32-11-7-8-19(17-32)33-25(35)14-18(2)21-16-28-27(30-26(21)33)29-22-10-9-20(15-23(22)38-5)39(36,37)13-12-31(3)4/h6,9-10,14-16,19H,1,7-8,11-13,17H2,2-5H3,(H,28,29,30)/t19-/m0/s1. The first-order valence-corrected chi connectivity index (χ1v) is 14.3. The number of rotatable bonds is 9. The number of anilines is 2. The molecule has 0 spiro atoms. The molecule has 4 rings (SSSR count). The monoisotopic (exact) mass is 554 g/mol. The maximum atomic E-state index is 13.2. The highest BCUT2D eigenvalue weighted by atomic mass is 32.2. The number of aromatic nitrogens is 3. The molecule has 0 unspecified atom stereocenters. The van der Waals surface area contributed by atoms with E-state index >= 15 is 0 Å². The number of likely N-dealkylation sites (tertiary alicyclic amines) is 1. The summed E-state index contributed by atoms with van der Waals surface area (Å²) < 4.78 is 32.6. The lowest BCUT2D eigenvalue weighted by Gasteiger charge is -2.33. The molecule has 0 aliphatic carbocycles. The first-order chi connectivity index (χ1) is 18.5. The molecule has 1 atom stereocenters. The second kappa shape index (κ2) is 11.5. The number of amides is 1. The fourth-order valence-corrected chi connectivity index (χ4v) is 6.09. The van der Waals surface area contributed by atoms with Crippen LogP contribution in [0.2, 0.25) is 0 Å². The number of sulfone groups is 1. The average molecular weight is 555 g/mol. The summed E-state index contributed by atoms with van der Waals surface area (Å²) in [6.45, 7) is 6.81. The second-order valence-electron chi connectivity index (χ2n) is 9.86. The first kappa shape index (κ1) is 28.2. The van der Waals surface area contributed by atoms with Gasteiger partial charge in [-0.1, -0.05) is 6.58 Å². The summed E-state index contributed by atoms with van der Waals surface area (Å²) in [7, 11) is 1.59. The average Bonchev–Trinajstić information content (AvgIpc) is 2.91. The van der Waals surface area contributed by atoms with Gasteiger partial charge in [0.1, 0.15) is 11.4 Å². The summed E-state index contributed by atoms with van der Waals surface area (Å²) >= 11 is 0. The molecule has 39 heavy (non-hydrogen) atoms. The van der Waals surface area contributed by atoms with E-state index in [2.05, 4.69) is 16.9 Å². The number of carbonyl (C=O) groups excluding carboxylic acids is 1. The van der Waals surface area contributed by atoms with Gasteiger partial charge in [0.05, 0.1) is 29.5 Å². The Balaban J connectivity index is 1.70.